The summed E-state index contributed by atoms with van der Waals surface area (Å²) in [7, 11) is 0. The van der Waals surface area contributed by atoms with Crippen LogP contribution in [0.3, 0.4) is 0 Å². The number of allylic oxidation sites excluding steroid dienone is 2. The van der Waals surface area contributed by atoms with Gasteiger partial charge >= 0.3 is 0 Å². The van der Waals surface area contributed by atoms with Gasteiger partial charge in [-0.25, -0.2) is 0 Å². The van der Waals surface area contributed by atoms with Gasteiger partial charge in [-0.15, -0.1) is 0 Å². The molecule has 0 aliphatic heterocycles. The maximum absolute atomic E-state index is 3.78. The number of halogens is 2. The van der Waals surface area contributed by atoms with Gasteiger partial charge in [0.15, 0.2) is 0 Å². The summed E-state index contributed by atoms with van der Waals surface area (Å²) >= 11 is 7.55. The molecule has 0 spiro atoms. The minimum absolute atomic E-state index is 0.504. The first kappa shape index (κ1) is 14.5. The maximum atomic E-state index is 3.78. The minimum atomic E-state index is 0.504. The maximum Gasteiger partial charge on any atom is 0.0162 e. The van der Waals surface area contributed by atoms with Crippen LogP contribution in [-0.4, -0.2) is 0 Å². The van der Waals surface area contributed by atoms with E-state index in [1.54, 1.807) is 0 Å². The number of rotatable bonds is 3. The molecular formula is C20H16Br2. The lowest BCUT2D eigenvalue weighted by Gasteiger charge is -2.18. The Morgan fingerprint density at radius 2 is 1.05 bits per heavy atom. The van der Waals surface area contributed by atoms with Gasteiger partial charge in [-0.1, -0.05) is 80.4 Å². The molecule has 110 valence electrons. The minimum Gasteiger partial charge on any atom is -0.0619 e. The third-order valence-electron chi connectivity index (χ3n) is 4.74. The van der Waals surface area contributed by atoms with Crippen LogP contribution in [0, 0.1) is 0 Å². The molecule has 2 heteroatoms. The highest BCUT2D eigenvalue weighted by molar-refractivity contribution is 9.12. The summed E-state index contributed by atoms with van der Waals surface area (Å²) < 4.78 is 2.64. The van der Waals surface area contributed by atoms with Crippen molar-refractivity contribution in [3.05, 3.63) is 79.7 Å². The van der Waals surface area contributed by atoms with Crippen molar-refractivity contribution in [3.8, 4) is 0 Å². The summed E-state index contributed by atoms with van der Waals surface area (Å²) in [5.74, 6) is 1.01. The molecule has 2 aliphatic carbocycles. The highest BCUT2D eigenvalue weighted by atomic mass is 79.9. The van der Waals surface area contributed by atoms with Gasteiger partial charge < -0.3 is 0 Å². The van der Waals surface area contributed by atoms with E-state index in [0.717, 1.165) is 12.8 Å². The van der Waals surface area contributed by atoms with Gasteiger partial charge in [0.25, 0.3) is 0 Å². The molecule has 2 unspecified atom stereocenters. The van der Waals surface area contributed by atoms with Crippen molar-refractivity contribution >= 4 is 44.0 Å². The van der Waals surface area contributed by atoms with Crippen molar-refractivity contribution in [2.75, 3.05) is 0 Å². The summed E-state index contributed by atoms with van der Waals surface area (Å²) in [5, 5.41) is 0. The molecule has 2 aromatic carbocycles. The second-order valence-corrected chi connectivity index (χ2v) is 7.83. The average molecular weight is 416 g/mol. The summed E-state index contributed by atoms with van der Waals surface area (Å²) in [5.41, 5.74) is 5.64. The zero-order valence-electron chi connectivity index (χ0n) is 12.1. The molecule has 2 atom stereocenters. The van der Waals surface area contributed by atoms with E-state index >= 15 is 0 Å². The standard InChI is InChI=1S/C20H16Br2/c21-19-11-13-5-1-3-7-15(13)17(19)9-10-18-16-8-4-2-6-14(16)12-20(18)22/h1-8,11-12,17-18H,9-10H2. The Hall–Kier alpha value is -1.12. The molecule has 2 aromatic rings. The highest BCUT2D eigenvalue weighted by Gasteiger charge is 2.28. The Labute approximate surface area is 148 Å². The Bertz CT molecular complexity index is 718. The Kier molecular flexibility index (Phi) is 3.83. The van der Waals surface area contributed by atoms with Crippen LogP contribution in [-0.2, 0) is 0 Å². The number of fused-ring (bicyclic) bond motifs is 2. The van der Waals surface area contributed by atoms with Crippen LogP contribution in [0.15, 0.2) is 57.5 Å². The molecule has 22 heavy (non-hydrogen) atoms. The second-order valence-electron chi connectivity index (χ2n) is 6.00. The van der Waals surface area contributed by atoms with Crippen LogP contribution in [0.25, 0.3) is 12.2 Å². The van der Waals surface area contributed by atoms with E-state index < -0.39 is 0 Å². The molecule has 0 saturated heterocycles. The van der Waals surface area contributed by atoms with E-state index in [-0.39, 0.29) is 0 Å². The Morgan fingerprint density at radius 3 is 1.50 bits per heavy atom. The lowest BCUT2D eigenvalue weighted by molar-refractivity contribution is 0.636. The van der Waals surface area contributed by atoms with Crippen molar-refractivity contribution in [2.24, 2.45) is 0 Å². The summed E-state index contributed by atoms with van der Waals surface area (Å²) in [6.45, 7) is 0. The van der Waals surface area contributed by atoms with E-state index in [1.165, 1.54) is 31.2 Å². The smallest absolute Gasteiger partial charge is 0.0162 e. The van der Waals surface area contributed by atoms with Crippen molar-refractivity contribution in [1.29, 1.82) is 0 Å². The summed E-state index contributed by atoms with van der Waals surface area (Å²) in [6.07, 6.45) is 6.87. The number of hydrogen-bond donors (Lipinski definition) is 0. The van der Waals surface area contributed by atoms with E-state index in [4.69, 9.17) is 0 Å². The van der Waals surface area contributed by atoms with Gasteiger partial charge in [0.05, 0.1) is 0 Å². The van der Waals surface area contributed by atoms with Crippen LogP contribution < -0.4 is 0 Å². The molecule has 0 amide bonds. The van der Waals surface area contributed by atoms with Crippen LogP contribution >= 0.6 is 31.9 Å². The predicted octanol–water partition coefficient (Wildman–Crippen LogP) is 6.83. The Balaban J connectivity index is 1.55. The molecule has 4 rings (SSSR count). The van der Waals surface area contributed by atoms with Crippen LogP contribution in [0.1, 0.15) is 46.9 Å². The van der Waals surface area contributed by atoms with Crippen molar-refractivity contribution in [3.63, 3.8) is 0 Å². The van der Waals surface area contributed by atoms with E-state index in [1.807, 2.05) is 0 Å². The zero-order chi connectivity index (χ0) is 15.1. The molecule has 0 N–H and O–H groups in total. The quantitative estimate of drug-likeness (QED) is 0.515. The largest absolute Gasteiger partial charge is 0.0619 e. The second kappa shape index (κ2) is 5.82. The van der Waals surface area contributed by atoms with E-state index in [2.05, 4.69) is 92.5 Å². The van der Waals surface area contributed by atoms with Gasteiger partial charge in [-0.3, -0.25) is 0 Å². The molecule has 0 nitrogen and oxygen atoms in total. The summed E-state index contributed by atoms with van der Waals surface area (Å²) in [4.78, 5) is 0. The average Bonchev–Trinajstić information content (AvgIpc) is 3.01. The van der Waals surface area contributed by atoms with Crippen LogP contribution in [0.4, 0.5) is 0 Å². The molecule has 2 aliphatic rings. The molecule has 0 bridgehead atoms. The fraction of sp³-hybridized carbons (Fsp3) is 0.200. The molecular weight excluding hydrogens is 400 g/mol. The van der Waals surface area contributed by atoms with Gasteiger partial charge in [0.1, 0.15) is 0 Å². The fourth-order valence-electron chi connectivity index (χ4n) is 3.63. The van der Waals surface area contributed by atoms with Gasteiger partial charge in [-0.2, -0.15) is 0 Å². The highest BCUT2D eigenvalue weighted by Crippen LogP contribution is 2.47. The van der Waals surface area contributed by atoms with E-state index in [0.29, 0.717) is 11.8 Å². The third kappa shape index (κ3) is 2.43. The monoisotopic (exact) mass is 414 g/mol. The van der Waals surface area contributed by atoms with Gasteiger partial charge in [0.2, 0.25) is 0 Å². The fourth-order valence-corrected chi connectivity index (χ4v) is 5.08. The van der Waals surface area contributed by atoms with Crippen molar-refractivity contribution in [1.82, 2.24) is 0 Å². The first-order valence-electron chi connectivity index (χ1n) is 7.66. The molecule has 0 saturated carbocycles. The van der Waals surface area contributed by atoms with Crippen LogP contribution in [0.2, 0.25) is 0 Å². The molecule has 0 radical (unpaired) electrons. The predicted molar refractivity (Wildman–Crippen MR) is 101 cm³/mol. The molecule has 0 heterocycles. The van der Waals surface area contributed by atoms with E-state index in [9.17, 15) is 0 Å². The lowest BCUT2D eigenvalue weighted by Crippen LogP contribution is -2.01. The van der Waals surface area contributed by atoms with Crippen molar-refractivity contribution in [2.45, 2.75) is 24.7 Å². The number of benzene rings is 2. The number of hydrogen-bond acceptors (Lipinski definition) is 0. The first-order chi connectivity index (χ1) is 10.7. The summed E-state index contributed by atoms with van der Waals surface area (Å²) in [6, 6.07) is 17.5. The van der Waals surface area contributed by atoms with Gasteiger partial charge in [0, 0.05) is 20.8 Å². The normalized spacial score (nSPS) is 22.1. The Morgan fingerprint density at radius 1 is 0.636 bits per heavy atom. The van der Waals surface area contributed by atoms with Crippen molar-refractivity contribution < 1.29 is 0 Å². The van der Waals surface area contributed by atoms with Gasteiger partial charge in [-0.05, 0) is 47.2 Å². The SMILES string of the molecule is BrC1=Cc2ccccc2C1CCC1C(Br)=Cc2ccccc21. The molecule has 0 fully saturated rings. The lowest BCUT2D eigenvalue weighted by atomic mass is 9.89. The zero-order valence-corrected chi connectivity index (χ0v) is 15.3. The first-order valence-corrected chi connectivity index (χ1v) is 9.24. The molecule has 0 aromatic heterocycles. The van der Waals surface area contributed by atoms with Crippen LogP contribution in [0.5, 0.6) is 0 Å². The topological polar surface area (TPSA) is 0 Å². The third-order valence-corrected chi connectivity index (χ3v) is 6.30.